The monoisotopic (exact) mass is 699 g/mol. The van der Waals surface area contributed by atoms with Crippen molar-refractivity contribution in [1.29, 1.82) is 5.26 Å². The molecule has 11 rings (SSSR count). The third-order valence-electron chi connectivity index (χ3n) is 11.1. The summed E-state index contributed by atoms with van der Waals surface area (Å²) in [4.78, 5) is 3.70. The molecule has 8 aromatic carbocycles. The number of hydrogen-bond donors (Lipinski definition) is 0. The van der Waals surface area contributed by atoms with E-state index < -0.39 is 0 Å². The van der Waals surface area contributed by atoms with Crippen LogP contribution in [0.4, 0.5) is 5.69 Å². The second kappa shape index (κ2) is 11.8. The summed E-state index contributed by atoms with van der Waals surface area (Å²) in [7, 11) is 0. The Hall–Kier alpha value is -7.86. The maximum atomic E-state index is 10.2. The van der Waals surface area contributed by atoms with E-state index in [4.69, 9.17) is 6.57 Å². The fraction of sp³-hybridized carbons (Fsp3) is 0. The summed E-state index contributed by atoms with van der Waals surface area (Å²) in [5.74, 6) is 0. The van der Waals surface area contributed by atoms with E-state index in [-0.39, 0.29) is 0 Å². The number of aromatic nitrogens is 3. The molecule has 0 aliphatic heterocycles. The highest BCUT2D eigenvalue weighted by Gasteiger charge is 2.22. The van der Waals surface area contributed by atoms with Crippen LogP contribution in [0.15, 0.2) is 176 Å². The highest BCUT2D eigenvalue weighted by atomic mass is 15.1. The van der Waals surface area contributed by atoms with Crippen molar-refractivity contribution in [3.05, 3.63) is 193 Å². The third kappa shape index (κ3) is 4.45. The van der Waals surface area contributed by atoms with Crippen molar-refractivity contribution in [3.8, 4) is 34.3 Å². The van der Waals surface area contributed by atoms with Crippen LogP contribution in [0.25, 0.3) is 98.5 Å². The van der Waals surface area contributed by atoms with E-state index in [2.05, 4.69) is 164 Å². The van der Waals surface area contributed by atoms with Gasteiger partial charge in [-0.1, -0.05) is 103 Å². The van der Waals surface area contributed by atoms with Crippen molar-refractivity contribution in [2.24, 2.45) is 0 Å². The summed E-state index contributed by atoms with van der Waals surface area (Å²) in [5, 5.41) is 17.1. The van der Waals surface area contributed by atoms with Crippen LogP contribution in [0.2, 0.25) is 0 Å². The molecule has 0 N–H and O–H groups in total. The molecular weight excluding hydrogens is 671 g/mol. The van der Waals surface area contributed by atoms with Gasteiger partial charge in [0.2, 0.25) is 0 Å². The first-order valence-corrected chi connectivity index (χ1v) is 18.3. The Kier molecular flexibility index (Phi) is 6.61. The number of benzene rings is 8. The molecule has 0 amide bonds. The van der Waals surface area contributed by atoms with Gasteiger partial charge in [-0.25, -0.2) is 4.85 Å². The maximum absolute atomic E-state index is 10.2. The van der Waals surface area contributed by atoms with Gasteiger partial charge in [0, 0.05) is 38.2 Å². The van der Waals surface area contributed by atoms with Crippen molar-refractivity contribution >= 4 is 71.1 Å². The zero-order chi connectivity index (χ0) is 36.6. The molecule has 0 bridgehead atoms. The van der Waals surface area contributed by atoms with Gasteiger partial charge in [-0.2, -0.15) is 5.26 Å². The van der Waals surface area contributed by atoms with Gasteiger partial charge >= 0.3 is 0 Å². The Morgan fingerprint density at radius 3 is 1.62 bits per heavy atom. The van der Waals surface area contributed by atoms with Gasteiger partial charge in [0.25, 0.3) is 0 Å². The quantitative estimate of drug-likeness (QED) is 0.169. The molecule has 0 aliphatic rings. The lowest BCUT2D eigenvalue weighted by Gasteiger charge is -2.18. The summed E-state index contributed by atoms with van der Waals surface area (Å²) < 4.78 is 7.04. The second-order valence-corrected chi connectivity index (χ2v) is 14.0. The zero-order valence-corrected chi connectivity index (χ0v) is 29.5. The van der Waals surface area contributed by atoms with Crippen LogP contribution in [0.1, 0.15) is 5.56 Å². The smallest absolute Gasteiger partial charge is 0.188 e. The van der Waals surface area contributed by atoms with Crippen molar-refractivity contribution in [2.45, 2.75) is 0 Å². The van der Waals surface area contributed by atoms with E-state index in [0.29, 0.717) is 11.3 Å². The fourth-order valence-electron chi connectivity index (χ4n) is 8.74. The van der Waals surface area contributed by atoms with Gasteiger partial charge in [-0.3, -0.25) is 0 Å². The zero-order valence-electron chi connectivity index (χ0n) is 29.5. The largest absolute Gasteiger partial charge is 0.309 e. The average Bonchev–Trinajstić information content (AvgIpc) is 3.89. The van der Waals surface area contributed by atoms with Gasteiger partial charge in [0.15, 0.2) is 5.69 Å². The van der Waals surface area contributed by atoms with Crippen molar-refractivity contribution < 1.29 is 0 Å². The van der Waals surface area contributed by atoms with Gasteiger partial charge < -0.3 is 13.7 Å². The summed E-state index contributed by atoms with van der Waals surface area (Å²) in [6.07, 6.45) is 0. The molecule has 0 aliphatic carbocycles. The van der Waals surface area contributed by atoms with E-state index in [0.717, 1.165) is 77.4 Å². The lowest BCUT2D eigenvalue weighted by atomic mass is 10.00. The Balaban J connectivity index is 1.17. The van der Waals surface area contributed by atoms with Crippen LogP contribution in [-0.2, 0) is 0 Å². The Morgan fingerprint density at radius 2 is 0.982 bits per heavy atom. The predicted molar refractivity (Wildman–Crippen MR) is 226 cm³/mol. The number of nitrogens with zero attached hydrogens (tertiary/aromatic N) is 5. The number of fused-ring (bicyclic) bond motifs is 9. The minimum Gasteiger partial charge on any atom is -0.309 e. The standard InChI is InChI=1S/C50H29N5/c1-52-34-24-28-48-42(30-34)39-14-5-6-16-43(39)53(48)35-25-22-33(23-26-35)41-29-32(31-51)21-27-47(41)55-46-19-9-4-13-38(46)40-15-10-20-49(50(40)55)54-44-17-7-2-11-36(44)37-12-3-8-18-45(37)54/h2-30H. The average molecular weight is 700 g/mol. The molecule has 3 heterocycles. The molecule has 55 heavy (non-hydrogen) atoms. The summed E-state index contributed by atoms with van der Waals surface area (Å²) in [6, 6.07) is 63.8. The van der Waals surface area contributed by atoms with E-state index in [1.54, 1.807) is 0 Å². The molecule has 0 spiro atoms. The van der Waals surface area contributed by atoms with Crippen molar-refractivity contribution in [2.75, 3.05) is 0 Å². The van der Waals surface area contributed by atoms with Crippen LogP contribution in [0, 0.1) is 17.9 Å². The lowest BCUT2D eigenvalue weighted by molar-refractivity contribution is 1.13. The SMILES string of the molecule is [C-]#[N+]c1ccc2c(c1)c1ccccc1n2-c1ccc(-c2cc(C#N)ccc2-n2c3ccccc3c3cccc(-n4c5ccccc5c5ccccc54)c32)cc1. The molecule has 254 valence electrons. The Labute approximate surface area is 316 Å². The van der Waals surface area contributed by atoms with E-state index in [1.807, 2.05) is 36.4 Å². The van der Waals surface area contributed by atoms with E-state index >= 15 is 0 Å². The van der Waals surface area contributed by atoms with Crippen LogP contribution >= 0.6 is 0 Å². The molecule has 3 aromatic heterocycles. The maximum Gasteiger partial charge on any atom is 0.188 e. The summed E-state index contributed by atoms with van der Waals surface area (Å²) in [6.45, 7) is 7.60. The molecule has 0 saturated heterocycles. The molecule has 0 fully saturated rings. The van der Waals surface area contributed by atoms with Gasteiger partial charge in [-0.15, -0.1) is 0 Å². The van der Waals surface area contributed by atoms with Crippen LogP contribution in [0.5, 0.6) is 0 Å². The third-order valence-corrected chi connectivity index (χ3v) is 11.1. The fourth-order valence-corrected chi connectivity index (χ4v) is 8.74. The minimum absolute atomic E-state index is 0.601. The summed E-state index contributed by atoms with van der Waals surface area (Å²) >= 11 is 0. The first kappa shape index (κ1) is 30.7. The molecule has 0 unspecified atom stereocenters. The number of hydrogen-bond acceptors (Lipinski definition) is 1. The molecule has 5 nitrogen and oxygen atoms in total. The number of para-hydroxylation sites is 5. The van der Waals surface area contributed by atoms with E-state index in [1.165, 1.54) is 16.2 Å². The molecule has 0 saturated carbocycles. The second-order valence-electron chi connectivity index (χ2n) is 14.0. The molecular formula is C50H29N5. The Bertz CT molecular complexity index is 3400. The highest BCUT2D eigenvalue weighted by Crippen LogP contribution is 2.42. The topological polar surface area (TPSA) is 42.9 Å². The predicted octanol–water partition coefficient (Wildman–Crippen LogP) is 13.1. The minimum atomic E-state index is 0.601. The molecule has 11 aromatic rings. The first-order chi connectivity index (χ1) is 27.2. The normalized spacial score (nSPS) is 11.6. The van der Waals surface area contributed by atoms with Gasteiger partial charge in [-0.05, 0) is 83.7 Å². The Morgan fingerprint density at radius 1 is 0.436 bits per heavy atom. The van der Waals surface area contributed by atoms with Gasteiger partial charge in [0.1, 0.15) is 0 Å². The molecule has 5 heteroatoms. The van der Waals surface area contributed by atoms with Crippen molar-refractivity contribution in [3.63, 3.8) is 0 Å². The highest BCUT2D eigenvalue weighted by molar-refractivity contribution is 6.15. The van der Waals surface area contributed by atoms with Crippen LogP contribution < -0.4 is 0 Å². The number of rotatable bonds is 4. The van der Waals surface area contributed by atoms with Crippen LogP contribution in [0.3, 0.4) is 0 Å². The summed E-state index contributed by atoms with van der Waals surface area (Å²) in [5.41, 5.74) is 12.9. The lowest BCUT2D eigenvalue weighted by Crippen LogP contribution is -2.02. The molecule has 0 atom stereocenters. The van der Waals surface area contributed by atoms with Crippen molar-refractivity contribution in [1.82, 2.24) is 13.7 Å². The van der Waals surface area contributed by atoms with Gasteiger partial charge in [0.05, 0.1) is 62.7 Å². The number of nitriles is 1. The van der Waals surface area contributed by atoms with E-state index in [9.17, 15) is 5.26 Å². The van der Waals surface area contributed by atoms with Crippen LogP contribution in [-0.4, -0.2) is 13.7 Å². The molecule has 0 radical (unpaired) electrons. The first-order valence-electron chi connectivity index (χ1n) is 18.3.